The number of hydrogen-bond donors (Lipinski definition) is 2. The van der Waals surface area contributed by atoms with Crippen molar-refractivity contribution in [3.8, 4) is 5.75 Å². The average molecular weight is 427 g/mol. The lowest BCUT2D eigenvalue weighted by molar-refractivity contribution is 0.0954. The van der Waals surface area contributed by atoms with Gasteiger partial charge in [-0.3, -0.25) is 9.52 Å². The van der Waals surface area contributed by atoms with Crippen molar-refractivity contribution in [2.24, 2.45) is 0 Å². The maximum atomic E-state index is 12.8. The molecule has 0 saturated heterocycles. The normalized spacial score (nSPS) is 11.0. The van der Waals surface area contributed by atoms with E-state index in [1.165, 1.54) is 13.2 Å². The second-order valence-corrected chi connectivity index (χ2v) is 7.77. The van der Waals surface area contributed by atoms with Crippen LogP contribution in [0.25, 0.3) is 0 Å². The lowest BCUT2D eigenvalue weighted by Crippen LogP contribution is -2.26. The number of halogens is 1. The summed E-state index contributed by atoms with van der Waals surface area (Å²) in [6.45, 7) is 2.45. The molecule has 134 valence electrons. The minimum Gasteiger partial charge on any atom is -0.495 e. The van der Waals surface area contributed by atoms with Crippen molar-refractivity contribution < 1.29 is 17.9 Å². The highest BCUT2D eigenvalue weighted by Gasteiger charge is 2.22. The number of methoxy groups -OCH3 is 1. The Balaban J connectivity index is 2.39. The zero-order valence-electron chi connectivity index (χ0n) is 13.9. The number of anilines is 1. The Morgan fingerprint density at radius 1 is 1.20 bits per heavy atom. The van der Waals surface area contributed by atoms with E-state index >= 15 is 0 Å². The van der Waals surface area contributed by atoms with Gasteiger partial charge < -0.3 is 10.1 Å². The predicted molar refractivity (Wildman–Crippen MR) is 101 cm³/mol. The summed E-state index contributed by atoms with van der Waals surface area (Å²) in [4.78, 5) is 12.2. The standard InChI is InChI=1S/C17H19BrN2O4S/c1-3-10-19-17(21)13-6-4-5-7-14(13)20-25(22,23)16-11-12(18)8-9-15(16)24-2/h4-9,11,20H,3,10H2,1-2H3,(H,19,21). The summed E-state index contributed by atoms with van der Waals surface area (Å²) >= 11 is 3.26. The van der Waals surface area contributed by atoms with Crippen LogP contribution in [-0.2, 0) is 10.0 Å². The molecule has 0 aliphatic rings. The van der Waals surface area contributed by atoms with Gasteiger partial charge in [-0.05, 0) is 36.8 Å². The van der Waals surface area contributed by atoms with Gasteiger partial charge in [-0.15, -0.1) is 0 Å². The van der Waals surface area contributed by atoms with E-state index < -0.39 is 10.0 Å². The van der Waals surface area contributed by atoms with Gasteiger partial charge in [0, 0.05) is 11.0 Å². The number of para-hydroxylation sites is 1. The van der Waals surface area contributed by atoms with Crippen molar-refractivity contribution in [1.29, 1.82) is 0 Å². The molecule has 0 radical (unpaired) electrons. The number of rotatable bonds is 7. The third kappa shape index (κ3) is 4.73. The molecule has 25 heavy (non-hydrogen) atoms. The van der Waals surface area contributed by atoms with Crippen LogP contribution in [0.2, 0.25) is 0 Å². The first-order chi connectivity index (χ1) is 11.9. The summed E-state index contributed by atoms with van der Waals surface area (Å²) in [6, 6.07) is 11.1. The highest BCUT2D eigenvalue weighted by Crippen LogP contribution is 2.29. The Labute approximate surface area is 155 Å². The molecule has 2 aromatic rings. The van der Waals surface area contributed by atoms with Crippen LogP contribution < -0.4 is 14.8 Å². The SMILES string of the molecule is CCCNC(=O)c1ccccc1NS(=O)(=O)c1cc(Br)ccc1OC. The molecule has 0 spiro atoms. The van der Waals surface area contributed by atoms with Gasteiger partial charge in [0.15, 0.2) is 0 Å². The first-order valence-corrected chi connectivity index (χ1v) is 9.90. The summed E-state index contributed by atoms with van der Waals surface area (Å²) in [5.74, 6) is -0.120. The van der Waals surface area contributed by atoms with Gasteiger partial charge in [0.2, 0.25) is 0 Å². The first kappa shape index (κ1) is 19.3. The van der Waals surface area contributed by atoms with E-state index in [9.17, 15) is 13.2 Å². The van der Waals surface area contributed by atoms with Gasteiger partial charge in [0.25, 0.3) is 15.9 Å². The lowest BCUT2D eigenvalue weighted by Gasteiger charge is -2.14. The molecule has 2 aromatic carbocycles. The van der Waals surface area contributed by atoms with E-state index in [1.807, 2.05) is 6.92 Å². The fourth-order valence-electron chi connectivity index (χ4n) is 2.16. The monoisotopic (exact) mass is 426 g/mol. The van der Waals surface area contributed by atoms with Gasteiger partial charge in [-0.2, -0.15) is 0 Å². The number of ether oxygens (including phenoxy) is 1. The molecular weight excluding hydrogens is 408 g/mol. The van der Waals surface area contributed by atoms with Crippen LogP contribution in [0.5, 0.6) is 5.75 Å². The van der Waals surface area contributed by atoms with Crippen LogP contribution in [0.4, 0.5) is 5.69 Å². The molecule has 0 unspecified atom stereocenters. The number of benzene rings is 2. The van der Waals surface area contributed by atoms with E-state index in [4.69, 9.17) is 4.74 Å². The lowest BCUT2D eigenvalue weighted by atomic mass is 10.1. The Morgan fingerprint density at radius 3 is 2.60 bits per heavy atom. The zero-order chi connectivity index (χ0) is 18.4. The Kier molecular flexibility index (Phi) is 6.44. The van der Waals surface area contributed by atoms with Crippen LogP contribution in [0.1, 0.15) is 23.7 Å². The number of nitrogens with one attached hydrogen (secondary N) is 2. The first-order valence-electron chi connectivity index (χ1n) is 7.62. The molecule has 0 bridgehead atoms. The molecule has 0 atom stereocenters. The summed E-state index contributed by atoms with van der Waals surface area (Å²) in [7, 11) is -2.54. The van der Waals surface area contributed by atoms with E-state index in [2.05, 4.69) is 26.0 Å². The Bertz CT molecular complexity index is 869. The molecular formula is C17H19BrN2O4S. The van der Waals surface area contributed by atoms with Crippen LogP contribution in [0, 0.1) is 0 Å². The molecule has 1 amide bonds. The van der Waals surface area contributed by atoms with Crippen molar-refractivity contribution in [3.05, 3.63) is 52.5 Å². The molecule has 0 aliphatic carbocycles. The maximum Gasteiger partial charge on any atom is 0.265 e. The smallest absolute Gasteiger partial charge is 0.265 e. The molecule has 6 nitrogen and oxygen atoms in total. The Morgan fingerprint density at radius 2 is 1.92 bits per heavy atom. The minimum absolute atomic E-state index is 0.0202. The highest BCUT2D eigenvalue weighted by molar-refractivity contribution is 9.10. The Hall–Kier alpha value is -2.06. The molecule has 0 saturated carbocycles. The predicted octanol–water partition coefficient (Wildman–Crippen LogP) is 3.40. The van der Waals surface area contributed by atoms with Crippen LogP contribution in [0.3, 0.4) is 0 Å². The molecule has 0 aromatic heterocycles. The fraction of sp³-hybridized carbons (Fsp3) is 0.235. The molecule has 2 N–H and O–H groups in total. The summed E-state index contributed by atoms with van der Waals surface area (Å²) in [5, 5.41) is 2.74. The molecule has 0 fully saturated rings. The van der Waals surface area contributed by atoms with Crippen molar-refractivity contribution in [2.45, 2.75) is 18.2 Å². The van der Waals surface area contributed by atoms with Crippen molar-refractivity contribution in [1.82, 2.24) is 5.32 Å². The van der Waals surface area contributed by atoms with E-state index in [0.717, 1.165) is 6.42 Å². The largest absolute Gasteiger partial charge is 0.495 e. The third-order valence-corrected chi connectivity index (χ3v) is 5.25. The zero-order valence-corrected chi connectivity index (χ0v) is 16.3. The number of hydrogen-bond acceptors (Lipinski definition) is 4. The topological polar surface area (TPSA) is 84.5 Å². The summed E-state index contributed by atoms with van der Waals surface area (Å²) in [6.07, 6.45) is 0.787. The van der Waals surface area contributed by atoms with Gasteiger partial charge in [0.1, 0.15) is 10.6 Å². The van der Waals surface area contributed by atoms with E-state index in [0.29, 0.717) is 11.0 Å². The molecule has 0 heterocycles. The third-order valence-electron chi connectivity index (χ3n) is 3.37. The van der Waals surface area contributed by atoms with E-state index in [-0.39, 0.29) is 27.8 Å². The van der Waals surface area contributed by atoms with Crippen molar-refractivity contribution in [3.63, 3.8) is 0 Å². The second-order valence-electron chi connectivity index (χ2n) is 5.20. The number of sulfonamides is 1. The average Bonchev–Trinajstić information content (AvgIpc) is 2.59. The molecule has 2 rings (SSSR count). The number of carbonyl (C=O) groups is 1. The van der Waals surface area contributed by atoms with Gasteiger partial charge >= 0.3 is 0 Å². The van der Waals surface area contributed by atoms with Crippen molar-refractivity contribution in [2.75, 3.05) is 18.4 Å². The van der Waals surface area contributed by atoms with Crippen LogP contribution in [-0.4, -0.2) is 28.0 Å². The second kappa shape index (κ2) is 8.35. The summed E-state index contributed by atoms with van der Waals surface area (Å²) < 4.78 is 33.8. The number of carbonyl (C=O) groups excluding carboxylic acids is 1. The minimum atomic E-state index is -3.94. The van der Waals surface area contributed by atoms with E-state index in [1.54, 1.807) is 36.4 Å². The van der Waals surface area contributed by atoms with Crippen LogP contribution in [0.15, 0.2) is 51.8 Å². The van der Waals surface area contributed by atoms with Gasteiger partial charge in [-0.25, -0.2) is 8.42 Å². The quantitative estimate of drug-likeness (QED) is 0.710. The van der Waals surface area contributed by atoms with Gasteiger partial charge in [0.05, 0.1) is 18.4 Å². The van der Waals surface area contributed by atoms with Crippen molar-refractivity contribution >= 4 is 37.5 Å². The number of amides is 1. The fourth-order valence-corrected chi connectivity index (χ4v) is 3.95. The molecule has 0 aliphatic heterocycles. The van der Waals surface area contributed by atoms with Crippen LogP contribution >= 0.6 is 15.9 Å². The maximum absolute atomic E-state index is 12.8. The highest BCUT2D eigenvalue weighted by atomic mass is 79.9. The van der Waals surface area contributed by atoms with Gasteiger partial charge in [-0.1, -0.05) is 35.0 Å². The molecule has 8 heteroatoms. The summed E-state index contributed by atoms with van der Waals surface area (Å²) in [5.41, 5.74) is 0.464.